The Labute approximate surface area is 126 Å². The number of aliphatic carboxylic acids is 1. The Morgan fingerprint density at radius 3 is 2.38 bits per heavy atom. The molecule has 2 N–H and O–H groups in total. The maximum absolute atomic E-state index is 12.2. The van der Waals surface area contributed by atoms with Crippen molar-refractivity contribution in [3.63, 3.8) is 0 Å². The highest BCUT2D eigenvalue weighted by atomic mass is 16.5. The first-order valence-corrected chi connectivity index (χ1v) is 7.71. The van der Waals surface area contributed by atoms with E-state index in [1.807, 2.05) is 13.8 Å². The number of amides is 2. The van der Waals surface area contributed by atoms with Crippen molar-refractivity contribution >= 4 is 12.0 Å². The van der Waals surface area contributed by atoms with E-state index in [0.29, 0.717) is 38.5 Å². The number of carboxylic acids is 1. The fraction of sp³-hybridized carbons (Fsp3) is 0.867. The van der Waals surface area contributed by atoms with E-state index in [-0.39, 0.29) is 18.0 Å². The molecular formula is C15H28N2O4. The molecule has 0 unspecified atom stereocenters. The molecule has 0 aromatic carbocycles. The molecule has 1 saturated carbocycles. The summed E-state index contributed by atoms with van der Waals surface area (Å²) in [6.07, 6.45) is 3.18. The first kappa shape index (κ1) is 17.8. The third-order valence-corrected chi connectivity index (χ3v) is 4.16. The Balaban J connectivity index is 2.33. The molecular weight excluding hydrogens is 272 g/mol. The van der Waals surface area contributed by atoms with Crippen LogP contribution in [0, 0.1) is 11.8 Å². The summed E-state index contributed by atoms with van der Waals surface area (Å²) in [7, 11) is 1.62. The molecule has 1 rings (SSSR count). The lowest BCUT2D eigenvalue weighted by Crippen LogP contribution is -2.47. The number of ether oxygens (including phenoxy) is 1. The second kappa shape index (κ2) is 8.87. The number of urea groups is 1. The van der Waals surface area contributed by atoms with Crippen molar-refractivity contribution in [3.05, 3.63) is 0 Å². The second-order valence-corrected chi connectivity index (χ2v) is 6.02. The molecule has 1 aliphatic rings. The maximum Gasteiger partial charge on any atom is 0.317 e. The summed E-state index contributed by atoms with van der Waals surface area (Å²) in [6, 6.07) is 0.0605. The van der Waals surface area contributed by atoms with Crippen LogP contribution in [-0.4, -0.2) is 54.9 Å². The summed E-state index contributed by atoms with van der Waals surface area (Å²) in [5.41, 5.74) is 0. The van der Waals surface area contributed by atoms with Gasteiger partial charge in [-0.05, 0) is 45.4 Å². The second-order valence-electron chi connectivity index (χ2n) is 6.02. The number of hydrogen-bond donors (Lipinski definition) is 2. The van der Waals surface area contributed by atoms with Crippen LogP contribution in [0.3, 0.4) is 0 Å². The van der Waals surface area contributed by atoms with Crippen LogP contribution in [-0.2, 0) is 9.53 Å². The molecule has 122 valence electrons. The molecule has 0 saturated heterocycles. The number of hydrogen-bond acceptors (Lipinski definition) is 3. The van der Waals surface area contributed by atoms with E-state index in [0.717, 1.165) is 12.8 Å². The van der Waals surface area contributed by atoms with E-state index in [1.54, 1.807) is 12.0 Å². The highest BCUT2D eigenvalue weighted by Gasteiger charge is 2.26. The normalized spacial score (nSPS) is 22.1. The van der Waals surface area contributed by atoms with Crippen LogP contribution >= 0.6 is 0 Å². The number of carbonyl (C=O) groups is 2. The van der Waals surface area contributed by atoms with Crippen LogP contribution < -0.4 is 5.32 Å². The Hall–Kier alpha value is -1.30. The first-order chi connectivity index (χ1) is 9.95. The van der Waals surface area contributed by atoms with Crippen LogP contribution in [0.15, 0.2) is 0 Å². The molecule has 6 nitrogen and oxygen atoms in total. The van der Waals surface area contributed by atoms with Crippen molar-refractivity contribution in [3.8, 4) is 0 Å². The van der Waals surface area contributed by atoms with Crippen LogP contribution in [0.2, 0.25) is 0 Å². The Morgan fingerprint density at radius 1 is 1.29 bits per heavy atom. The summed E-state index contributed by atoms with van der Waals surface area (Å²) in [5.74, 6) is -0.505. The molecule has 1 aliphatic carbocycles. The lowest BCUT2D eigenvalue weighted by molar-refractivity contribution is -0.143. The van der Waals surface area contributed by atoms with Gasteiger partial charge in [0.25, 0.3) is 0 Å². The van der Waals surface area contributed by atoms with Gasteiger partial charge >= 0.3 is 12.0 Å². The summed E-state index contributed by atoms with van der Waals surface area (Å²) in [6.45, 7) is 5.68. The molecule has 0 bridgehead atoms. The standard InChI is InChI=1S/C15H28N2O4/c1-11(2)17(8-9-21-3)15(20)16-10-12-4-6-13(7-5-12)14(18)19/h11-13H,4-10H2,1-3H3,(H,16,20)(H,18,19). The number of nitrogens with one attached hydrogen (secondary N) is 1. The molecule has 6 heteroatoms. The minimum absolute atomic E-state index is 0.0672. The van der Waals surface area contributed by atoms with Crippen molar-refractivity contribution in [2.45, 2.75) is 45.6 Å². The Morgan fingerprint density at radius 2 is 1.90 bits per heavy atom. The zero-order valence-electron chi connectivity index (χ0n) is 13.3. The largest absolute Gasteiger partial charge is 0.481 e. The van der Waals surface area contributed by atoms with E-state index in [9.17, 15) is 9.59 Å². The topological polar surface area (TPSA) is 78.9 Å². The molecule has 21 heavy (non-hydrogen) atoms. The third kappa shape index (κ3) is 5.91. The average molecular weight is 300 g/mol. The molecule has 0 spiro atoms. The quantitative estimate of drug-likeness (QED) is 0.753. The molecule has 0 atom stereocenters. The van der Waals surface area contributed by atoms with Gasteiger partial charge in [-0.25, -0.2) is 4.79 Å². The summed E-state index contributed by atoms with van der Waals surface area (Å²) in [4.78, 5) is 24.8. The van der Waals surface area contributed by atoms with Crippen LogP contribution in [0.1, 0.15) is 39.5 Å². The maximum atomic E-state index is 12.2. The van der Waals surface area contributed by atoms with Gasteiger partial charge in [-0.2, -0.15) is 0 Å². The average Bonchev–Trinajstić information content (AvgIpc) is 2.45. The highest BCUT2D eigenvalue weighted by Crippen LogP contribution is 2.28. The van der Waals surface area contributed by atoms with Gasteiger partial charge in [0, 0.05) is 26.2 Å². The summed E-state index contributed by atoms with van der Waals surface area (Å²) < 4.78 is 5.02. The fourth-order valence-corrected chi connectivity index (χ4v) is 2.73. The third-order valence-electron chi connectivity index (χ3n) is 4.16. The van der Waals surface area contributed by atoms with Gasteiger partial charge in [0.1, 0.15) is 0 Å². The van der Waals surface area contributed by atoms with Gasteiger partial charge in [-0.1, -0.05) is 0 Å². The van der Waals surface area contributed by atoms with Crippen molar-refractivity contribution in [1.29, 1.82) is 0 Å². The van der Waals surface area contributed by atoms with Crippen molar-refractivity contribution in [1.82, 2.24) is 10.2 Å². The van der Waals surface area contributed by atoms with E-state index in [1.165, 1.54) is 0 Å². The molecule has 0 heterocycles. The number of carboxylic acid groups (broad SMARTS) is 1. The monoisotopic (exact) mass is 300 g/mol. The number of methoxy groups -OCH3 is 1. The van der Waals surface area contributed by atoms with Gasteiger partial charge in [0.15, 0.2) is 0 Å². The summed E-state index contributed by atoms with van der Waals surface area (Å²) >= 11 is 0. The van der Waals surface area contributed by atoms with Crippen molar-refractivity contribution in [2.24, 2.45) is 11.8 Å². The Bertz CT molecular complexity index is 339. The smallest absolute Gasteiger partial charge is 0.317 e. The van der Waals surface area contributed by atoms with Crippen LogP contribution in [0.4, 0.5) is 4.79 Å². The molecule has 1 fully saturated rings. The van der Waals surface area contributed by atoms with Gasteiger partial charge in [0.05, 0.1) is 12.5 Å². The summed E-state index contributed by atoms with van der Waals surface area (Å²) in [5, 5.41) is 11.9. The van der Waals surface area contributed by atoms with E-state index in [4.69, 9.17) is 9.84 Å². The van der Waals surface area contributed by atoms with E-state index < -0.39 is 5.97 Å². The van der Waals surface area contributed by atoms with Crippen LogP contribution in [0.5, 0.6) is 0 Å². The number of carbonyl (C=O) groups excluding carboxylic acids is 1. The lowest BCUT2D eigenvalue weighted by Gasteiger charge is -2.29. The van der Waals surface area contributed by atoms with Gasteiger partial charge < -0.3 is 20.1 Å². The minimum Gasteiger partial charge on any atom is -0.481 e. The van der Waals surface area contributed by atoms with Gasteiger partial charge in [-0.3, -0.25) is 4.79 Å². The van der Waals surface area contributed by atoms with Gasteiger partial charge in [-0.15, -0.1) is 0 Å². The molecule has 0 aromatic rings. The van der Waals surface area contributed by atoms with Crippen LogP contribution in [0.25, 0.3) is 0 Å². The van der Waals surface area contributed by atoms with E-state index >= 15 is 0 Å². The number of nitrogens with zero attached hydrogens (tertiary/aromatic N) is 1. The van der Waals surface area contributed by atoms with Crippen molar-refractivity contribution < 1.29 is 19.4 Å². The first-order valence-electron chi connectivity index (χ1n) is 7.71. The van der Waals surface area contributed by atoms with Gasteiger partial charge in [0.2, 0.25) is 0 Å². The molecule has 2 amide bonds. The zero-order valence-corrected chi connectivity index (χ0v) is 13.3. The highest BCUT2D eigenvalue weighted by molar-refractivity contribution is 5.74. The lowest BCUT2D eigenvalue weighted by atomic mass is 9.82. The molecule has 0 aliphatic heterocycles. The Kier molecular flexibility index (Phi) is 7.50. The fourth-order valence-electron chi connectivity index (χ4n) is 2.73. The molecule has 0 radical (unpaired) electrons. The van der Waals surface area contributed by atoms with Crippen molar-refractivity contribution in [2.75, 3.05) is 26.8 Å². The van der Waals surface area contributed by atoms with E-state index in [2.05, 4.69) is 5.32 Å². The SMILES string of the molecule is COCCN(C(=O)NCC1CCC(C(=O)O)CC1)C(C)C. The minimum atomic E-state index is -0.692. The number of rotatable bonds is 7. The molecule has 0 aromatic heterocycles. The zero-order chi connectivity index (χ0) is 15.8. The predicted octanol–water partition coefficient (Wildman–Crippen LogP) is 1.94. The predicted molar refractivity (Wildman–Crippen MR) is 80.2 cm³/mol.